The van der Waals surface area contributed by atoms with Gasteiger partial charge in [-0.1, -0.05) is 6.92 Å². The second-order valence-corrected chi connectivity index (χ2v) is 1.79. The molecule has 1 atom stereocenters. The predicted octanol–water partition coefficient (Wildman–Crippen LogP) is 0.218. The van der Waals surface area contributed by atoms with Crippen molar-refractivity contribution in [2.45, 2.75) is 26.4 Å². The number of hydrogen-bond donors (Lipinski definition) is 1. The number of rotatable bonds is 4. The third-order valence-corrected chi connectivity index (χ3v) is 1.08. The molecule has 60 valence electrons. The second kappa shape index (κ2) is 5.20. The molecule has 0 aliphatic carbocycles. The van der Waals surface area contributed by atoms with E-state index in [9.17, 15) is 4.79 Å². The molecule has 0 amide bonds. The van der Waals surface area contributed by atoms with E-state index in [0.717, 1.165) is 0 Å². The molecule has 0 saturated carbocycles. The van der Waals surface area contributed by atoms with Gasteiger partial charge in [0.2, 0.25) is 0 Å². The van der Waals surface area contributed by atoms with E-state index in [4.69, 9.17) is 5.90 Å². The molecule has 0 fully saturated rings. The second-order valence-electron chi connectivity index (χ2n) is 1.79. The lowest BCUT2D eigenvalue weighted by atomic mass is 10.3. The highest BCUT2D eigenvalue weighted by Gasteiger charge is 2.16. The molecule has 0 bridgehead atoms. The Morgan fingerprint density at radius 3 is 2.50 bits per heavy atom. The van der Waals surface area contributed by atoms with Crippen molar-refractivity contribution in [2.75, 3.05) is 6.61 Å². The largest absolute Gasteiger partial charge is 0.464 e. The van der Waals surface area contributed by atoms with E-state index in [0.29, 0.717) is 13.0 Å². The first-order valence-electron chi connectivity index (χ1n) is 3.28. The van der Waals surface area contributed by atoms with Crippen LogP contribution in [0.15, 0.2) is 0 Å². The van der Waals surface area contributed by atoms with Crippen LogP contribution in [0.4, 0.5) is 0 Å². The molecule has 0 unspecified atom stereocenters. The average Bonchev–Trinajstić information content (AvgIpc) is 1.91. The van der Waals surface area contributed by atoms with Crippen LogP contribution in [-0.2, 0) is 14.4 Å². The van der Waals surface area contributed by atoms with E-state index in [1.807, 2.05) is 0 Å². The fourth-order valence-corrected chi connectivity index (χ4v) is 0.554. The molecule has 0 aliphatic heterocycles. The van der Waals surface area contributed by atoms with Gasteiger partial charge in [0.25, 0.3) is 0 Å². The summed E-state index contributed by atoms with van der Waals surface area (Å²) in [6, 6.07) is 0. The molecular weight excluding hydrogens is 134 g/mol. The first-order chi connectivity index (χ1) is 4.76. The fraction of sp³-hybridized carbons (Fsp3) is 0.833. The van der Waals surface area contributed by atoms with Crippen LogP contribution in [0.5, 0.6) is 0 Å². The number of ether oxygens (including phenoxy) is 1. The lowest BCUT2D eigenvalue weighted by Gasteiger charge is -2.09. The predicted molar refractivity (Wildman–Crippen MR) is 36.0 cm³/mol. The van der Waals surface area contributed by atoms with Crippen molar-refractivity contribution in [3.63, 3.8) is 0 Å². The van der Waals surface area contributed by atoms with Crippen LogP contribution in [0, 0.1) is 0 Å². The Hall–Kier alpha value is -0.610. The molecular formula is C6H13NO3. The smallest absolute Gasteiger partial charge is 0.337 e. The third-order valence-electron chi connectivity index (χ3n) is 1.08. The number of carbonyl (C=O) groups excluding carboxylic acids is 1. The Morgan fingerprint density at radius 1 is 1.60 bits per heavy atom. The van der Waals surface area contributed by atoms with Gasteiger partial charge in [-0.2, -0.15) is 0 Å². The summed E-state index contributed by atoms with van der Waals surface area (Å²) in [5.41, 5.74) is 0. The number of nitrogens with two attached hydrogens (primary N) is 1. The minimum absolute atomic E-state index is 0.360. The Labute approximate surface area is 60.2 Å². The Balaban J connectivity index is 3.65. The van der Waals surface area contributed by atoms with Gasteiger partial charge in [0.1, 0.15) is 0 Å². The van der Waals surface area contributed by atoms with Gasteiger partial charge < -0.3 is 4.74 Å². The van der Waals surface area contributed by atoms with Crippen molar-refractivity contribution in [3.05, 3.63) is 0 Å². The fourth-order valence-electron chi connectivity index (χ4n) is 0.554. The quantitative estimate of drug-likeness (QED) is 0.456. The summed E-state index contributed by atoms with van der Waals surface area (Å²) in [7, 11) is 0. The molecule has 4 heteroatoms. The Kier molecular flexibility index (Phi) is 4.88. The standard InChI is InChI=1S/C6H13NO3/c1-3-5(10-7)6(8)9-4-2/h5H,3-4,7H2,1-2H3/t5-/m1/s1. The van der Waals surface area contributed by atoms with Gasteiger partial charge in [0.05, 0.1) is 6.61 Å². The zero-order valence-electron chi connectivity index (χ0n) is 6.29. The summed E-state index contributed by atoms with van der Waals surface area (Å²) in [4.78, 5) is 15.1. The van der Waals surface area contributed by atoms with Gasteiger partial charge >= 0.3 is 5.97 Å². The summed E-state index contributed by atoms with van der Waals surface area (Å²) in [5, 5.41) is 0. The number of esters is 1. The van der Waals surface area contributed by atoms with Gasteiger partial charge in [0.15, 0.2) is 6.10 Å². The molecule has 0 spiro atoms. The van der Waals surface area contributed by atoms with Crippen LogP contribution >= 0.6 is 0 Å². The van der Waals surface area contributed by atoms with E-state index in [1.165, 1.54) is 0 Å². The van der Waals surface area contributed by atoms with E-state index in [1.54, 1.807) is 13.8 Å². The highest BCUT2D eigenvalue weighted by molar-refractivity contribution is 5.74. The van der Waals surface area contributed by atoms with Gasteiger partial charge in [-0.15, -0.1) is 0 Å². The molecule has 0 aromatic rings. The third kappa shape index (κ3) is 2.80. The molecule has 0 saturated heterocycles. The van der Waals surface area contributed by atoms with Gasteiger partial charge in [-0.25, -0.2) is 10.7 Å². The van der Waals surface area contributed by atoms with Crippen molar-refractivity contribution in [1.82, 2.24) is 0 Å². The first kappa shape index (κ1) is 9.39. The minimum Gasteiger partial charge on any atom is -0.464 e. The maximum Gasteiger partial charge on any atom is 0.337 e. The molecule has 0 aliphatic rings. The zero-order valence-corrected chi connectivity index (χ0v) is 6.29. The van der Waals surface area contributed by atoms with E-state index in [-0.39, 0.29) is 0 Å². The van der Waals surface area contributed by atoms with Crippen molar-refractivity contribution in [3.8, 4) is 0 Å². The Bertz CT molecular complexity index is 101. The van der Waals surface area contributed by atoms with E-state index < -0.39 is 12.1 Å². The first-order valence-corrected chi connectivity index (χ1v) is 3.28. The van der Waals surface area contributed by atoms with Crippen molar-refractivity contribution in [2.24, 2.45) is 5.90 Å². The van der Waals surface area contributed by atoms with Crippen LogP contribution in [-0.4, -0.2) is 18.7 Å². The lowest BCUT2D eigenvalue weighted by Crippen LogP contribution is -2.28. The summed E-state index contributed by atoms with van der Waals surface area (Å²) in [5.74, 6) is 4.42. The molecule has 0 aromatic carbocycles. The minimum atomic E-state index is -0.611. The average molecular weight is 147 g/mol. The van der Waals surface area contributed by atoms with E-state index >= 15 is 0 Å². The molecule has 0 heterocycles. The van der Waals surface area contributed by atoms with Crippen LogP contribution < -0.4 is 5.90 Å². The lowest BCUT2D eigenvalue weighted by molar-refractivity contribution is -0.157. The maximum atomic E-state index is 10.8. The molecule has 0 aromatic heterocycles. The van der Waals surface area contributed by atoms with Crippen LogP contribution in [0.3, 0.4) is 0 Å². The van der Waals surface area contributed by atoms with Crippen molar-refractivity contribution < 1.29 is 14.4 Å². The topological polar surface area (TPSA) is 61.5 Å². The molecule has 0 radical (unpaired) electrons. The highest BCUT2D eigenvalue weighted by atomic mass is 16.6. The molecule has 10 heavy (non-hydrogen) atoms. The van der Waals surface area contributed by atoms with Crippen LogP contribution in [0.25, 0.3) is 0 Å². The Morgan fingerprint density at radius 2 is 2.20 bits per heavy atom. The normalized spacial score (nSPS) is 12.7. The highest BCUT2D eigenvalue weighted by Crippen LogP contribution is 1.96. The zero-order chi connectivity index (χ0) is 7.98. The molecule has 0 rings (SSSR count). The summed E-state index contributed by atoms with van der Waals surface area (Å²) in [6.45, 7) is 3.90. The van der Waals surface area contributed by atoms with Crippen molar-refractivity contribution in [1.29, 1.82) is 0 Å². The van der Waals surface area contributed by atoms with Crippen LogP contribution in [0.2, 0.25) is 0 Å². The maximum absolute atomic E-state index is 10.8. The summed E-state index contributed by atoms with van der Waals surface area (Å²) in [6.07, 6.45) is -0.0741. The van der Waals surface area contributed by atoms with Crippen molar-refractivity contribution >= 4 is 5.97 Å². The number of hydrogen-bond acceptors (Lipinski definition) is 4. The monoisotopic (exact) mass is 147 g/mol. The summed E-state index contributed by atoms with van der Waals surface area (Å²) >= 11 is 0. The van der Waals surface area contributed by atoms with Gasteiger partial charge in [-0.3, -0.25) is 4.84 Å². The van der Waals surface area contributed by atoms with Gasteiger partial charge in [-0.05, 0) is 13.3 Å². The molecule has 4 nitrogen and oxygen atoms in total. The van der Waals surface area contributed by atoms with Crippen LogP contribution in [0.1, 0.15) is 20.3 Å². The van der Waals surface area contributed by atoms with E-state index in [2.05, 4.69) is 9.57 Å². The SMILES string of the molecule is CCOC(=O)[C@@H](CC)ON. The molecule has 2 N–H and O–H groups in total. The summed E-state index contributed by atoms with van der Waals surface area (Å²) < 4.78 is 4.64. The number of carbonyl (C=O) groups is 1. The van der Waals surface area contributed by atoms with Gasteiger partial charge in [0, 0.05) is 0 Å².